The zero-order valence-corrected chi connectivity index (χ0v) is 11.7. The minimum Gasteiger partial charge on any atom is -0.371 e. The predicted octanol–water partition coefficient (Wildman–Crippen LogP) is 3.10. The molecule has 2 N–H and O–H groups in total. The summed E-state index contributed by atoms with van der Waals surface area (Å²) in [5.41, 5.74) is 5.38. The fraction of sp³-hybridized carbons (Fsp3) is 0.571. The van der Waals surface area contributed by atoms with E-state index >= 15 is 0 Å². The Morgan fingerprint density at radius 3 is 2.57 bits per heavy atom. The van der Waals surface area contributed by atoms with Crippen LogP contribution in [-0.2, 0) is 0 Å². The molecule has 1 aliphatic rings. The summed E-state index contributed by atoms with van der Waals surface area (Å²) in [6, 6.07) is 3.70. The minimum atomic E-state index is -2.72. The number of benzene rings is 1. The molecule has 0 unspecified atom stereocenters. The molecule has 0 spiro atoms. The van der Waals surface area contributed by atoms with Crippen molar-refractivity contribution in [2.75, 3.05) is 24.5 Å². The van der Waals surface area contributed by atoms with E-state index in [1.165, 1.54) is 12.1 Å². The molecule has 1 aromatic rings. The van der Waals surface area contributed by atoms with Crippen LogP contribution in [-0.4, -0.2) is 24.6 Å². The maximum absolute atomic E-state index is 13.2. The molecule has 2 rings (SSSR count). The van der Waals surface area contributed by atoms with Crippen LogP contribution in [0.15, 0.2) is 18.2 Å². The van der Waals surface area contributed by atoms with Crippen molar-refractivity contribution in [2.24, 2.45) is 11.7 Å². The van der Waals surface area contributed by atoms with Gasteiger partial charge in [0.1, 0.15) is 0 Å². The number of nitrogens with zero attached hydrogens (tertiary/aromatic N) is 2. The molecule has 7 heteroatoms. The predicted molar refractivity (Wildman–Crippen MR) is 76.7 cm³/mol. The summed E-state index contributed by atoms with van der Waals surface area (Å²) >= 11 is 0. The summed E-state index contributed by atoms with van der Waals surface area (Å²) in [5, 5.41) is 10.7. The minimum absolute atomic E-state index is 0.263. The Kier molecular flexibility index (Phi) is 5.06. The van der Waals surface area contributed by atoms with Gasteiger partial charge in [-0.15, -0.1) is 0 Å². The normalized spacial score (nSPS) is 16.5. The highest BCUT2D eigenvalue weighted by Gasteiger charge is 2.25. The van der Waals surface area contributed by atoms with Gasteiger partial charge in [0.05, 0.1) is 4.92 Å². The fourth-order valence-electron chi connectivity index (χ4n) is 2.82. The highest BCUT2D eigenvalue weighted by atomic mass is 19.3. The zero-order valence-electron chi connectivity index (χ0n) is 11.7. The molecule has 21 heavy (non-hydrogen) atoms. The van der Waals surface area contributed by atoms with E-state index in [0.29, 0.717) is 31.2 Å². The number of alkyl halides is 2. The van der Waals surface area contributed by atoms with Crippen LogP contribution in [0.25, 0.3) is 0 Å². The molecule has 1 aromatic carbocycles. The van der Waals surface area contributed by atoms with Gasteiger partial charge < -0.3 is 10.6 Å². The standard InChI is InChI=1S/C14H19F2N3O2/c15-14(16)12-9-11(19(20)21)1-2-13(12)18-7-4-10(3-6-17)5-8-18/h1-2,9-10,14H,3-8,17H2. The molecule has 0 bridgehead atoms. The Balaban J connectivity index is 2.18. The maximum atomic E-state index is 13.2. The van der Waals surface area contributed by atoms with Gasteiger partial charge in [0, 0.05) is 36.5 Å². The van der Waals surface area contributed by atoms with Crippen LogP contribution in [0, 0.1) is 16.0 Å². The van der Waals surface area contributed by atoms with Crippen LogP contribution in [0.4, 0.5) is 20.2 Å². The van der Waals surface area contributed by atoms with Crippen LogP contribution < -0.4 is 10.6 Å². The van der Waals surface area contributed by atoms with Crippen molar-refractivity contribution in [2.45, 2.75) is 25.7 Å². The molecule has 1 heterocycles. The number of nitro benzene ring substituents is 1. The number of non-ortho nitro benzene ring substituents is 1. The monoisotopic (exact) mass is 299 g/mol. The summed E-state index contributed by atoms with van der Waals surface area (Å²) in [6.07, 6.45) is 0.0606. The fourth-order valence-corrected chi connectivity index (χ4v) is 2.82. The summed E-state index contributed by atoms with van der Waals surface area (Å²) in [6.45, 7) is 2.01. The van der Waals surface area contributed by atoms with Crippen molar-refractivity contribution < 1.29 is 13.7 Å². The molecule has 0 radical (unpaired) electrons. The van der Waals surface area contributed by atoms with Crippen LogP contribution >= 0.6 is 0 Å². The Bertz CT molecular complexity index is 503. The van der Waals surface area contributed by atoms with E-state index in [1.807, 2.05) is 4.90 Å². The summed E-state index contributed by atoms with van der Waals surface area (Å²) in [7, 11) is 0. The van der Waals surface area contributed by atoms with Crippen molar-refractivity contribution in [1.82, 2.24) is 0 Å². The third-order valence-corrected chi connectivity index (χ3v) is 3.99. The quantitative estimate of drug-likeness (QED) is 0.670. The van der Waals surface area contributed by atoms with Gasteiger partial charge in [-0.05, 0) is 37.8 Å². The number of halogens is 2. The van der Waals surface area contributed by atoms with Crippen LogP contribution in [0.1, 0.15) is 31.3 Å². The molecule has 0 aliphatic carbocycles. The molecule has 116 valence electrons. The summed E-state index contributed by atoms with van der Waals surface area (Å²) < 4.78 is 26.3. The SMILES string of the molecule is NCCC1CCN(c2ccc([N+](=O)[O-])cc2C(F)F)CC1. The first kappa shape index (κ1) is 15.6. The van der Waals surface area contributed by atoms with E-state index in [0.717, 1.165) is 25.3 Å². The van der Waals surface area contributed by atoms with Gasteiger partial charge in [0.2, 0.25) is 0 Å². The number of hydrogen-bond acceptors (Lipinski definition) is 4. The summed E-state index contributed by atoms with van der Waals surface area (Å²) in [4.78, 5) is 12.0. The lowest BCUT2D eigenvalue weighted by atomic mass is 9.93. The lowest BCUT2D eigenvalue weighted by Gasteiger charge is -2.34. The highest BCUT2D eigenvalue weighted by molar-refractivity contribution is 5.58. The van der Waals surface area contributed by atoms with Crippen LogP contribution in [0.5, 0.6) is 0 Å². The van der Waals surface area contributed by atoms with Crippen LogP contribution in [0.3, 0.4) is 0 Å². The Labute approximate surface area is 121 Å². The van der Waals surface area contributed by atoms with Gasteiger partial charge in [-0.2, -0.15) is 0 Å². The number of rotatable bonds is 5. The number of nitro groups is 1. The third kappa shape index (κ3) is 3.66. The van der Waals surface area contributed by atoms with Crippen molar-refractivity contribution >= 4 is 11.4 Å². The second-order valence-electron chi connectivity index (χ2n) is 5.31. The molecule has 1 fully saturated rings. The second-order valence-corrected chi connectivity index (χ2v) is 5.31. The second kappa shape index (κ2) is 6.80. The van der Waals surface area contributed by atoms with Gasteiger partial charge in [-0.1, -0.05) is 0 Å². The molecule has 0 saturated carbocycles. The van der Waals surface area contributed by atoms with Crippen molar-refractivity contribution in [3.63, 3.8) is 0 Å². The van der Waals surface area contributed by atoms with E-state index < -0.39 is 11.3 Å². The number of piperidine rings is 1. The Morgan fingerprint density at radius 2 is 2.05 bits per heavy atom. The van der Waals surface area contributed by atoms with Gasteiger partial charge in [0.25, 0.3) is 12.1 Å². The molecule has 1 saturated heterocycles. The Morgan fingerprint density at radius 1 is 1.38 bits per heavy atom. The van der Waals surface area contributed by atoms with Crippen molar-refractivity contribution in [1.29, 1.82) is 0 Å². The summed E-state index contributed by atoms with van der Waals surface area (Å²) in [5.74, 6) is 0.541. The van der Waals surface area contributed by atoms with Gasteiger partial charge in [-0.3, -0.25) is 10.1 Å². The molecular weight excluding hydrogens is 280 g/mol. The zero-order chi connectivity index (χ0) is 15.4. The average molecular weight is 299 g/mol. The number of anilines is 1. The van der Waals surface area contributed by atoms with Gasteiger partial charge >= 0.3 is 0 Å². The Hall–Kier alpha value is -1.76. The first-order valence-electron chi connectivity index (χ1n) is 7.04. The van der Waals surface area contributed by atoms with Crippen molar-refractivity contribution in [3.05, 3.63) is 33.9 Å². The number of hydrogen-bond donors (Lipinski definition) is 1. The van der Waals surface area contributed by atoms with E-state index in [2.05, 4.69) is 0 Å². The highest BCUT2D eigenvalue weighted by Crippen LogP contribution is 2.35. The first-order valence-corrected chi connectivity index (χ1v) is 7.04. The van der Waals surface area contributed by atoms with Gasteiger partial charge in [0.15, 0.2) is 0 Å². The molecule has 0 amide bonds. The van der Waals surface area contributed by atoms with Gasteiger partial charge in [-0.25, -0.2) is 8.78 Å². The molecule has 0 atom stereocenters. The lowest BCUT2D eigenvalue weighted by Crippen LogP contribution is -2.34. The van der Waals surface area contributed by atoms with E-state index in [4.69, 9.17) is 5.73 Å². The van der Waals surface area contributed by atoms with E-state index in [9.17, 15) is 18.9 Å². The molecular formula is C14H19F2N3O2. The average Bonchev–Trinajstić information content (AvgIpc) is 2.47. The first-order chi connectivity index (χ1) is 10.0. The topological polar surface area (TPSA) is 72.4 Å². The lowest BCUT2D eigenvalue weighted by molar-refractivity contribution is -0.385. The molecule has 0 aromatic heterocycles. The van der Waals surface area contributed by atoms with Crippen LogP contribution in [0.2, 0.25) is 0 Å². The smallest absolute Gasteiger partial charge is 0.270 e. The molecule has 1 aliphatic heterocycles. The van der Waals surface area contributed by atoms with Crippen molar-refractivity contribution in [3.8, 4) is 0 Å². The third-order valence-electron chi connectivity index (χ3n) is 3.99. The van der Waals surface area contributed by atoms with E-state index in [1.54, 1.807) is 0 Å². The molecule has 5 nitrogen and oxygen atoms in total. The largest absolute Gasteiger partial charge is 0.371 e. The van der Waals surface area contributed by atoms with E-state index in [-0.39, 0.29) is 11.3 Å². The maximum Gasteiger partial charge on any atom is 0.270 e. The number of nitrogens with two attached hydrogens (primary N) is 1.